The normalized spacial score (nSPS) is 11.7. The first kappa shape index (κ1) is 27.4. The predicted molar refractivity (Wildman–Crippen MR) is 177 cm³/mol. The van der Waals surface area contributed by atoms with Crippen LogP contribution in [-0.2, 0) is 6.61 Å². The van der Waals surface area contributed by atoms with E-state index in [2.05, 4.69) is 15.9 Å². The van der Waals surface area contributed by atoms with Gasteiger partial charge in [0.25, 0.3) is 5.56 Å². The summed E-state index contributed by atoms with van der Waals surface area (Å²) in [4.78, 5) is 18.6. The second-order valence-electron chi connectivity index (χ2n) is 9.83. The van der Waals surface area contributed by atoms with Gasteiger partial charge < -0.3 is 9.15 Å². The van der Waals surface area contributed by atoms with Crippen LogP contribution >= 0.6 is 39.1 Å². The summed E-state index contributed by atoms with van der Waals surface area (Å²) in [5.41, 5.74) is 2.37. The molecule has 0 amide bonds. The van der Waals surface area contributed by atoms with Crippen molar-refractivity contribution in [1.29, 1.82) is 0 Å². The summed E-state index contributed by atoms with van der Waals surface area (Å²) in [6.07, 6.45) is 1.63. The molecule has 0 aliphatic heterocycles. The van der Waals surface area contributed by atoms with Gasteiger partial charge in [0.05, 0.1) is 17.1 Å². The van der Waals surface area contributed by atoms with Crippen LogP contribution in [0.2, 0.25) is 10.0 Å². The topological polar surface area (TPSA) is 69.6 Å². The van der Waals surface area contributed by atoms with Gasteiger partial charge in [-0.1, -0.05) is 87.7 Å². The minimum Gasteiger partial charge on any atom is -0.488 e. The highest BCUT2D eigenvalue weighted by Gasteiger charge is 2.17. The van der Waals surface area contributed by atoms with E-state index < -0.39 is 0 Å². The molecular weight excluding hydrogens is 649 g/mol. The van der Waals surface area contributed by atoms with Gasteiger partial charge in [-0.15, -0.1) is 0 Å². The molecule has 7 rings (SSSR count). The van der Waals surface area contributed by atoms with Crippen LogP contribution < -0.4 is 10.3 Å². The maximum Gasteiger partial charge on any atom is 0.282 e. The highest BCUT2D eigenvalue weighted by atomic mass is 79.9. The zero-order chi connectivity index (χ0) is 29.5. The second kappa shape index (κ2) is 11.3. The number of furan rings is 1. The summed E-state index contributed by atoms with van der Waals surface area (Å²) >= 11 is 16.0. The first-order valence-electron chi connectivity index (χ1n) is 13.3. The molecule has 2 aromatic heterocycles. The number of rotatable bonds is 6. The van der Waals surface area contributed by atoms with Crippen molar-refractivity contribution in [1.82, 2.24) is 9.66 Å². The minimum absolute atomic E-state index is 0.215. The first-order chi connectivity index (χ1) is 20.9. The van der Waals surface area contributed by atoms with Crippen LogP contribution in [0.3, 0.4) is 0 Å². The van der Waals surface area contributed by atoms with Gasteiger partial charge in [0.15, 0.2) is 5.76 Å². The summed E-state index contributed by atoms with van der Waals surface area (Å²) in [6.45, 7) is 0.215. The van der Waals surface area contributed by atoms with Crippen LogP contribution in [0.1, 0.15) is 11.1 Å². The molecule has 9 heteroatoms. The fourth-order valence-electron chi connectivity index (χ4n) is 4.96. The van der Waals surface area contributed by atoms with Crippen LogP contribution in [0, 0.1) is 0 Å². The van der Waals surface area contributed by atoms with Crippen molar-refractivity contribution in [3.63, 3.8) is 0 Å². The lowest BCUT2D eigenvalue weighted by molar-refractivity contribution is 0.306. The summed E-state index contributed by atoms with van der Waals surface area (Å²) < 4.78 is 14.6. The molecular formula is C34H20BrCl2N3O3. The Labute approximate surface area is 263 Å². The SMILES string of the molecule is O=c1c2ccccc2nc(-c2cc3cc(Br)ccc3o2)n1N=Cc1c(OCc2ccc(Cl)cc2Cl)ccc2ccccc12. The number of hydrogen-bond donors (Lipinski definition) is 0. The molecule has 2 heterocycles. The Kier molecular flexibility index (Phi) is 7.23. The zero-order valence-corrected chi connectivity index (χ0v) is 25.4. The lowest BCUT2D eigenvalue weighted by Gasteiger charge is -2.13. The Bertz CT molecular complexity index is 2280. The Morgan fingerprint density at radius 1 is 0.884 bits per heavy atom. The number of benzene rings is 5. The largest absolute Gasteiger partial charge is 0.488 e. The third-order valence-corrected chi connectivity index (χ3v) is 8.16. The smallest absolute Gasteiger partial charge is 0.282 e. The molecule has 0 aliphatic rings. The summed E-state index contributed by atoms with van der Waals surface area (Å²) in [5, 5.41) is 8.98. The second-order valence-corrected chi connectivity index (χ2v) is 11.6. The lowest BCUT2D eigenvalue weighted by Crippen LogP contribution is -2.20. The number of nitrogens with zero attached hydrogens (tertiary/aromatic N) is 3. The third kappa shape index (κ3) is 5.31. The van der Waals surface area contributed by atoms with Gasteiger partial charge in [-0.25, -0.2) is 4.98 Å². The van der Waals surface area contributed by atoms with E-state index in [1.807, 2.05) is 72.8 Å². The maximum absolute atomic E-state index is 13.8. The van der Waals surface area contributed by atoms with Crippen molar-refractivity contribution >= 4 is 78.0 Å². The molecule has 210 valence electrons. The molecule has 0 N–H and O–H groups in total. The molecule has 7 aromatic rings. The number of para-hydroxylation sites is 1. The van der Waals surface area contributed by atoms with Gasteiger partial charge >= 0.3 is 0 Å². The van der Waals surface area contributed by atoms with Crippen LogP contribution in [0.25, 0.3) is 44.2 Å². The van der Waals surface area contributed by atoms with Crippen molar-refractivity contribution in [2.24, 2.45) is 5.10 Å². The summed E-state index contributed by atoms with van der Waals surface area (Å²) in [7, 11) is 0. The molecule has 0 atom stereocenters. The molecule has 0 saturated carbocycles. The van der Waals surface area contributed by atoms with E-state index in [4.69, 9.17) is 42.4 Å². The van der Waals surface area contributed by atoms with E-state index in [0.29, 0.717) is 43.6 Å². The van der Waals surface area contributed by atoms with Gasteiger partial charge in [-0.2, -0.15) is 9.78 Å². The van der Waals surface area contributed by atoms with Crippen LogP contribution in [0.15, 0.2) is 122 Å². The quantitative estimate of drug-likeness (QED) is 0.166. The number of aromatic nitrogens is 2. The lowest BCUT2D eigenvalue weighted by atomic mass is 10.0. The molecule has 0 spiro atoms. The Morgan fingerprint density at radius 2 is 1.70 bits per heavy atom. The molecule has 0 radical (unpaired) electrons. The van der Waals surface area contributed by atoms with Gasteiger partial charge in [0.2, 0.25) is 5.82 Å². The fraction of sp³-hybridized carbons (Fsp3) is 0.0294. The van der Waals surface area contributed by atoms with Crippen molar-refractivity contribution < 1.29 is 9.15 Å². The molecule has 0 aliphatic carbocycles. The van der Waals surface area contributed by atoms with Gasteiger partial charge in [-0.05, 0) is 65.4 Å². The van der Waals surface area contributed by atoms with Gasteiger partial charge in [0.1, 0.15) is 17.9 Å². The molecule has 0 fully saturated rings. The van der Waals surface area contributed by atoms with Gasteiger partial charge in [-0.3, -0.25) is 4.79 Å². The molecule has 0 unspecified atom stereocenters. The number of hydrogen-bond acceptors (Lipinski definition) is 5. The standard InChI is InChI=1S/C34H20BrCl2N3O3/c35-23-11-14-30-22(15-23)16-32(43-30)33-39-29-8-4-3-7-26(29)34(41)40(33)38-18-27-25-6-2-1-5-20(25)10-13-31(27)42-19-21-9-12-24(36)17-28(21)37/h1-18H,19H2. The Morgan fingerprint density at radius 3 is 2.56 bits per heavy atom. The van der Waals surface area contributed by atoms with E-state index in [-0.39, 0.29) is 18.0 Å². The predicted octanol–water partition coefficient (Wildman–Crippen LogP) is 9.49. The summed E-state index contributed by atoms with van der Waals surface area (Å²) in [6, 6.07) is 31.8. The number of fused-ring (bicyclic) bond motifs is 3. The van der Waals surface area contributed by atoms with E-state index >= 15 is 0 Å². The van der Waals surface area contributed by atoms with E-state index in [1.54, 1.807) is 36.5 Å². The molecule has 5 aromatic carbocycles. The number of halogens is 3. The van der Waals surface area contributed by atoms with Crippen LogP contribution in [-0.4, -0.2) is 15.9 Å². The Hall–Kier alpha value is -4.43. The monoisotopic (exact) mass is 667 g/mol. The maximum atomic E-state index is 13.8. The van der Waals surface area contributed by atoms with Gasteiger partial charge in [0, 0.05) is 31.0 Å². The first-order valence-corrected chi connectivity index (χ1v) is 14.8. The van der Waals surface area contributed by atoms with E-state index in [9.17, 15) is 4.79 Å². The number of ether oxygens (including phenoxy) is 1. The average molecular weight is 669 g/mol. The van der Waals surface area contributed by atoms with Crippen molar-refractivity contribution in [2.45, 2.75) is 6.61 Å². The fourth-order valence-corrected chi connectivity index (χ4v) is 5.80. The highest BCUT2D eigenvalue weighted by molar-refractivity contribution is 9.10. The van der Waals surface area contributed by atoms with Crippen LogP contribution in [0.5, 0.6) is 5.75 Å². The molecule has 0 saturated heterocycles. The highest BCUT2D eigenvalue weighted by Crippen LogP contribution is 2.31. The molecule has 0 bridgehead atoms. The summed E-state index contributed by atoms with van der Waals surface area (Å²) in [5.74, 6) is 1.27. The van der Waals surface area contributed by atoms with E-state index in [1.165, 1.54) is 4.68 Å². The van der Waals surface area contributed by atoms with Crippen molar-refractivity contribution in [2.75, 3.05) is 0 Å². The van der Waals surface area contributed by atoms with E-state index in [0.717, 1.165) is 26.2 Å². The third-order valence-electron chi connectivity index (χ3n) is 7.08. The zero-order valence-electron chi connectivity index (χ0n) is 22.3. The van der Waals surface area contributed by atoms with Crippen molar-refractivity contribution in [3.05, 3.63) is 139 Å². The minimum atomic E-state index is -0.325. The van der Waals surface area contributed by atoms with Crippen LogP contribution in [0.4, 0.5) is 0 Å². The van der Waals surface area contributed by atoms with Crippen molar-refractivity contribution in [3.8, 4) is 17.3 Å². The Balaban J connectivity index is 1.38. The molecule has 43 heavy (non-hydrogen) atoms. The average Bonchev–Trinajstić information content (AvgIpc) is 3.43. The molecule has 6 nitrogen and oxygen atoms in total.